The van der Waals surface area contributed by atoms with E-state index >= 15 is 0 Å². The number of carbonyl (C=O) groups excluding carboxylic acids is 2. The fourth-order valence-electron chi connectivity index (χ4n) is 3.08. The van der Waals surface area contributed by atoms with Gasteiger partial charge in [-0.25, -0.2) is 9.59 Å². The van der Waals surface area contributed by atoms with Crippen molar-refractivity contribution in [3.8, 4) is 0 Å². The van der Waals surface area contributed by atoms with Gasteiger partial charge in [0, 0.05) is 32.7 Å². The van der Waals surface area contributed by atoms with Crippen molar-refractivity contribution in [2.75, 3.05) is 32.7 Å². The molecule has 0 aromatic rings. The number of nitrogens with two attached hydrogens (primary N) is 1. The molecule has 2 fully saturated rings. The summed E-state index contributed by atoms with van der Waals surface area (Å²) in [6, 6.07) is -0.0854. The molecule has 1 unspecified atom stereocenters. The molecule has 1 atom stereocenters. The highest BCUT2D eigenvalue weighted by Crippen LogP contribution is 2.33. The van der Waals surface area contributed by atoms with Gasteiger partial charge in [-0.2, -0.15) is 0 Å². The van der Waals surface area contributed by atoms with Crippen LogP contribution in [0.5, 0.6) is 0 Å². The van der Waals surface area contributed by atoms with Crippen LogP contribution in [0.3, 0.4) is 0 Å². The SMILES string of the molecule is CC(C)(C)OC(=O)N1CCC2(CCNC(=O)N2CCN)C1. The lowest BCUT2D eigenvalue weighted by molar-refractivity contribution is 0.0240. The van der Waals surface area contributed by atoms with Crippen LogP contribution in [0.15, 0.2) is 0 Å². The minimum absolute atomic E-state index is 0.0854. The number of ether oxygens (including phenoxy) is 1. The first kappa shape index (κ1) is 15.9. The third kappa shape index (κ3) is 3.40. The van der Waals surface area contributed by atoms with Crippen LogP contribution in [-0.4, -0.2) is 65.8 Å². The molecule has 1 spiro atoms. The number of carbonyl (C=O) groups is 2. The van der Waals surface area contributed by atoms with Gasteiger partial charge in [0.15, 0.2) is 0 Å². The van der Waals surface area contributed by atoms with E-state index in [-0.39, 0.29) is 17.7 Å². The zero-order valence-electron chi connectivity index (χ0n) is 13.1. The monoisotopic (exact) mass is 298 g/mol. The maximum atomic E-state index is 12.2. The van der Waals surface area contributed by atoms with Crippen LogP contribution in [0.1, 0.15) is 33.6 Å². The smallest absolute Gasteiger partial charge is 0.410 e. The number of amides is 3. The van der Waals surface area contributed by atoms with Gasteiger partial charge in [-0.05, 0) is 33.6 Å². The summed E-state index contributed by atoms with van der Waals surface area (Å²) in [5, 5.41) is 2.85. The Balaban J connectivity index is 2.08. The van der Waals surface area contributed by atoms with E-state index in [0.717, 1.165) is 12.8 Å². The molecule has 0 radical (unpaired) electrons. The van der Waals surface area contributed by atoms with Crippen molar-refractivity contribution in [2.45, 2.75) is 44.8 Å². The zero-order chi connectivity index (χ0) is 15.7. The van der Waals surface area contributed by atoms with E-state index in [2.05, 4.69) is 5.32 Å². The van der Waals surface area contributed by atoms with Crippen molar-refractivity contribution >= 4 is 12.1 Å². The first-order valence-electron chi connectivity index (χ1n) is 7.51. The second-order valence-electron chi connectivity index (χ2n) is 6.80. The van der Waals surface area contributed by atoms with E-state index in [9.17, 15) is 9.59 Å². The molecule has 0 aromatic carbocycles. The third-order valence-corrected chi connectivity index (χ3v) is 4.02. The summed E-state index contributed by atoms with van der Waals surface area (Å²) >= 11 is 0. The van der Waals surface area contributed by atoms with Crippen LogP contribution in [0.25, 0.3) is 0 Å². The van der Waals surface area contributed by atoms with Gasteiger partial charge in [0.25, 0.3) is 0 Å². The summed E-state index contributed by atoms with van der Waals surface area (Å²) < 4.78 is 5.42. The molecule has 2 heterocycles. The highest BCUT2D eigenvalue weighted by atomic mass is 16.6. The molecule has 0 saturated carbocycles. The molecule has 0 bridgehead atoms. The Morgan fingerprint density at radius 2 is 2.14 bits per heavy atom. The summed E-state index contributed by atoms with van der Waals surface area (Å²) in [4.78, 5) is 27.8. The van der Waals surface area contributed by atoms with Gasteiger partial charge < -0.3 is 25.6 Å². The zero-order valence-corrected chi connectivity index (χ0v) is 13.1. The van der Waals surface area contributed by atoms with Crippen molar-refractivity contribution in [1.82, 2.24) is 15.1 Å². The van der Waals surface area contributed by atoms with Gasteiger partial charge in [-0.3, -0.25) is 0 Å². The Bertz CT molecular complexity index is 421. The second kappa shape index (κ2) is 5.71. The molecule has 3 N–H and O–H groups in total. The number of hydrogen-bond acceptors (Lipinski definition) is 4. The molecule has 21 heavy (non-hydrogen) atoms. The largest absolute Gasteiger partial charge is 0.444 e. The highest BCUT2D eigenvalue weighted by Gasteiger charge is 2.48. The molecule has 120 valence electrons. The number of hydrogen-bond donors (Lipinski definition) is 2. The maximum absolute atomic E-state index is 12.2. The minimum atomic E-state index is -0.506. The first-order chi connectivity index (χ1) is 9.77. The number of urea groups is 1. The predicted molar refractivity (Wildman–Crippen MR) is 78.9 cm³/mol. The highest BCUT2D eigenvalue weighted by molar-refractivity contribution is 5.77. The Morgan fingerprint density at radius 3 is 2.76 bits per heavy atom. The lowest BCUT2D eigenvalue weighted by atomic mass is 9.90. The number of rotatable bonds is 2. The summed E-state index contributed by atoms with van der Waals surface area (Å²) in [6.45, 7) is 8.26. The fraction of sp³-hybridized carbons (Fsp3) is 0.857. The minimum Gasteiger partial charge on any atom is -0.444 e. The summed E-state index contributed by atoms with van der Waals surface area (Å²) in [5.74, 6) is 0. The molecule has 0 aliphatic carbocycles. The quantitative estimate of drug-likeness (QED) is 0.787. The molecular formula is C14H26N4O3. The van der Waals surface area contributed by atoms with Gasteiger partial charge in [-0.1, -0.05) is 0 Å². The molecule has 2 saturated heterocycles. The molecule has 7 nitrogen and oxygen atoms in total. The van der Waals surface area contributed by atoms with Gasteiger partial charge in [0.05, 0.1) is 5.54 Å². The van der Waals surface area contributed by atoms with Crippen LogP contribution in [0.4, 0.5) is 9.59 Å². The van der Waals surface area contributed by atoms with Crippen LogP contribution in [-0.2, 0) is 4.74 Å². The number of nitrogens with one attached hydrogen (secondary N) is 1. The lowest BCUT2D eigenvalue weighted by Gasteiger charge is -2.44. The first-order valence-corrected chi connectivity index (χ1v) is 7.51. The standard InChI is InChI=1S/C14H26N4O3/c1-13(2,3)21-12(20)17-8-5-14(10-17)4-7-16-11(19)18(14)9-6-15/h4-10,15H2,1-3H3,(H,16,19). The Kier molecular flexibility index (Phi) is 4.32. The topological polar surface area (TPSA) is 87.9 Å². The predicted octanol–water partition coefficient (Wildman–Crippen LogP) is 0.740. The average molecular weight is 298 g/mol. The summed E-state index contributed by atoms with van der Waals surface area (Å²) in [5.41, 5.74) is 4.82. The van der Waals surface area contributed by atoms with Gasteiger partial charge in [-0.15, -0.1) is 0 Å². The molecule has 2 rings (SSSR count). The number of likely N-dealkylation sites (tertiary alicyclic amines) is 1. The Labute approximate surface area is 125 Å². The normalized spacial score (nSPS) is 26.2. The number of nitrogens with zero attached hydrogens (tertiary/aromatic N) is 2. The van der Waals surface area contributed by atoms with Gasteiger partial charge in [0.1, 0.15) is 5.60 Å². The summed E-state index contributed by atoms with van der Waals surface area (Å²) in [6.07, 6.45) is 1.30. The van der Waals surface area contributed by atoms with Crippen molar-refractivity contribution in [1.29, 1.82) is 0 Å². The molecule has 3 amide bonds. The molecule has 7 heteroatoms. The van der Waals surface area contributed by atoms with Crippen molar-refractivity contribution in [2.24, 2.45) is 5.73 Å². The van der Waals surface area contributed by atoms with E-state index < -0.39 is 5.60 Å². The average Bonchev–Trinajstić information content (AvgIpc) is 2.77. The van der Waals surface area contributed by atoms with Crippen molar-refractivity contribution in [3.05, 3.63) is 0 Å². The Morgan fingerprint density at radius 1 is 1.43 bits per heavy atom. The van der Waals surface area contributed by atoms with E-state index in [1.165, 1.54) is 0 Å². The van der Waals surface area contributed by atoms with Crippen molar-refractivity contribution < 1.29 is 14.3 Å². The van der Waals surface area contributed by atoms with Crippen molar-refractivity contribution in [3.63, 3.8) is 0 Å². The summed E-state index contributed by atoms with van der Waals surface area (Å²) in [7, 11) is 0. The third-order valence-electron chi connectivity index (χ3n) is 4.02. The van der Waals surface area contributed by atoms with E-state index in [0.29, 0.717) is 32.7 Å². The molecular weight excluding hydrogens is 272 g/mol. The van der Waals surface area contributed by atoms with E-state index in [1.54, 1.807) is 9.80 Å². The fourth-order valence-corrected chi connectivity index (χ4v) is 3.08. The molecule has 2 aliphatic heterocycles. The molecule has 0 aromatic heterocycles. The lowest BCUT2D eigenvalue weighted by Crippen LogP contribution is -2.63. The van der Waals surface area contributed by atoms with Crippen LogP contribution < -0.4 is 11.1 Å². The molecule has 2 aliphatic rings. The van der Waals surface area contributed by atoms with Crippen LogP contribution in [0, 0.1) is 0 Å². The second-order valence-corrected chi connectivity index (χ2v) is 6.80. The van der Waals surface area contributed by atoms with E-state index in [4.69, 9.17) is 10.5 Å². The van der Waals surface area contributed by atoms with Crippen LogP contribution >= 0.6 is 0 Å². The van der Waals surface area contributed by atoms with Gasteiger partial charge in [0.2, 0.25) is 0 Å². The van der Waals surface area contributed by atoms with E-state index in [1.807, 2.05) is 20.8 Å². The Hall–Kier alpha value is -1.50. The van der Waals surface area contributed by atoms with Gasteiger partial charge >= 0.3 is 12.1 Å². The van der Waals surface area contributed by atoms with Crippen LogP contribution in [0.2, 0.25) is 0 Å². The maximum Gasteiger partial charge on any atom is 0.410 e.